The van der Waals surface area contributed by atoms with E-state index < -0.39 is 0 Å². The predicted octanol–water partition coefficient (Wildman–Crippen LogP) is 13.1. The number of hydrogen-bond donors (Lipinski definition) is 0. The molecule has 0 N–H and O–H groups in total. The SMILES string of the molecule is CCCCCCCCCCCCC(C)CCCC(C)CCCCCCCCCCCCCCCC#N. The minimum atomic E-state index is 0.748. The molecule has 0 rings (SSSR count). The van der Waals surface area contributed by atoms with E-state index >= 15 is 0 Å². The summed E-state index contributed by atoms with van der Waals surface area (Å²) in [5.41, 5.74) is 0. The van der Waals surface area contributed by atoms with Gasteiger partial charge in [-0.15, -0.1) is 0 Å². The van der Waals surface area contributed by atoms with Gasteiger partial charge in [0.25, 0.3) is 0 Å². The topological polar surface area (TPSA) is 23.8 Å². The Balaban J connectivity index is 3.26. The van der Waals surface area contributed by atoms with E-state index in [0.29, 0.717) is 0 Å². The van der Waals surface area contributed by atoms with Gasteiger partial charge in [-0.2, -0.15) is 5.26 Å². The molecule has 0 aliphatic carbocycles. The fourth-order valence-electron chi connectivity index (χ4n) is 5.73. The van der Waals surface area contributed by atoms with E-state index in [4.69, 9.17) is 5.26 Å². The minimum absolute atomic E-state index is 0.748. The molecular weight excluding hydrogens is 434 g/mol. The standard InChI is InChI=1S/C35H69N/c1-4-5-6-7-8-9-16-19-22-25-29-34(2)31-28-32-35(3)30-26-23-20-17-14-12-10-11-13-15-18-21-24-27-33-36/h34-35H,4-32H2,1-3H3. The zero-order chi connectivity index (χ0) is 26.4. The van der Waals surface area contributed by atoms with Gasteiger partial charge >= 0.3 is 0 Å². The average molecular weight is 504 g/mol. The molecule has 0 amide bonds. The van der Waals surface area contributed by atoms with Crippen LogP contribution >= 0.6 is 0 Å². The third-order valence-electron chi connectivity index (χ3n) is 8.43. The van der Waals surface area contributed by atoms with Crippen molar-refractivity contribution in [1.82, 2.24) is 0 Å². The Kier molecular flexibility index (Phi) is 30.3. The van der Waals surface area contributed by atoms with Crippen molar-refractivity contribution < 1.29 is 0 Å². The van der Waals surface area contributed by atoms with Crippen molar-refractivity contribution in [2.24, 2.45) is 11.8 Å². The van der Waals surface area contributed by atoms with E-state index in [-0.39, 0.29) is 0 Å². The lowest BCUT2D eigenvalue weighted by Gasteiger charge is -2.14. The summed E-state index contributed by atoms with van der Waals surface area (Å²) in [6.07, 6.45) is 40.7. The van der Waals surface area contributed by atoms with Gasteiger partial charge in [-0.3, -0.25) is 0 Å². The first-order valence-corrected chi connectivity index (χ1v) is 17.1. The molecule has 0 aliphatic heterocycles. The zero-order valence-electron chi connectivity index (χ0n) is 25.6. The lowest BCUT2D eigenvalue weighted by molar-refractivity contribution is 0.390. The van der Waals surface area contributed by atoms with Crippen LogP contribution in [0.15, 0.2) is 0 Å². The Morgan fingerprint density at radius 3 is 1.00 bits per heavy atom. The van der Waals surface area contributed by atoms with Gasteiger partial charge in [0.2, 0.25) is 0 Å². The van der Waals surface area contributed by atoms with E-state index in [9.17, 15) is 0 Å². The van der Waals surface area contributed by atoms with Gasteiger partial charge in [-0.1, -0.05) is 194 Å². The molecule has 0 aliphatic rings. The van der Waals surface area contributed by atoms with E-state index in [1.54, 1.807) is 0 Å². The molecule has 0 aromatic carbocycles. The first-order chi connectivity index (χ1) is 17.7. The fourth-order valence-corrected chi connectivity index (χ4v) is 5.73. The van der Waals surface area contributed by atoms with Crippen LogP contribution in [0, 0.1) is 23.2 Å². The molecule has 2 unspecified atom stereocenters. The highest BCUT2D eigenvalue weighted by Gasteiger charge is 2.06. The molecule has 1 heteroatoms. The van der Waals surface area contributed by atoms with Crippen molar-refractivity contribution in [2.75, 3.05) is 0 Å². The first-order valence-electron chi connectivity index (χ1n) is 17.1. The quantitative estimate of drug-likeness (QED) is 0.0894. The zero-order valence-corrected chi connectivity index (χ0v) is 25.6. The molecule has 36 heavy (non-hydrogen) atoms. The Morgan fingerprint density at radius 2 is 0.667 bits per heavy atom. The molecular formula is C35H69N. The highest BCUT2D eigenvalue weighted by molar-refractivity contribution is 4.67. The van der Waals surface area contributed by atoms with E-state index in [0.717, 1.165) is 24.7 Å². The first kappa shape index (κ1) is 35.5. The maximum absolute atomic E-state index is 8.54. The second-order valence-electron chi connectivity index (χ2n) is 12.4. The van der Waals surface area contributed by atoms with E-state index in [1.807, 2.05) is 0 Å². The van der Waals surface area contributed by atoms with Crippen LogP contribution in [0.4, 0.5) is 0 Å². The summed E-state index contributed by atoms with van der Waals surface area (Å²) in [6, 6.07) is 2.24. The summed E-state index contributed by atoms with van der Waals surface area (Å²) < 4.78 is 0. The van der Waals surface area contributed by atoms with Crippen molar-refractivity contribution in [2.45, 2.75) is 207 Å². The fraction of sp³-hybridized carbons (Fsp3) is 0.971. The summed E-state index contributed by atoms with van der Waals surface area (Å²) in [6.45, 7) is 7.30. The Labute approximate surface area is 230 Å². The van der Waals surface area contributed by atoms with Crippen LogP contribution in [0.1, 0.15) is 207 Å². The molecule has 0 heterocycles. The number of nitriles is 1. The normalized spacial score (nSPS) is 13.1. The summed E-state index contributed by atoms with van der Waals surface area (Å²) >= 11 is 0. The largest absolute Gasteiger partial charge is 0.198 e. The van der Waals surface area contributed by atoms with Crippen molar-refractivity contribution in [1.29, 1.82) is 5.26 Å². The average Bonchev–Trinajstić information content (AvgIpc) is 2.87. The molecule has 0 fully saturated rings. The van der Waals surface area contributed by atoms with Gasteiger partial charge in [0, 0.05) is 6.42 Å². The number of rotatable bonds is 30. The van der Waals surface area contributed by atoms with Crippen LogP contribution in [0.3, 0.4) is 0 Å². The van der Waals surface area contributed by atoms with Crippen LogP contribution in [-0.2, 0) is 0 Å². The van der Waals surface area contributed by atoms with Crippen LogP contribution in [0.2, 0.25) is 0 Å². The number of unbranched alkanes of at least 4 members (excludes halogenated alkanes) is 22. The highest BCUT2D eigenvalue weighted by Crippen LogP contribution is 2.22. The van der Waals surface area contributed by atoms with Crippen LogP contribution in [0.25, 0.3) is 0 Å². The number of nitrogens with zero attached hydrogens (tertiary/aromatic N) is 1. The van der Waals surface area contributed by atoms with Gasteiger partial charge < -0.3 is 0 Å². The summed E-state index contributed by atoms with van der Waals surface area (Å²) in [5, 5.41) is 8.54. The lowest BCUT2D eigenvalue weighted by atomic mass is 9.92. The molecule has 1 nitrogen and oxygen atoms in total. The summed E-state index contributed by atoms with van der Waals surface area (Å²) in [7, 11) is 0. The molecule has 0 saturated heterocycles. The van der Waals surface area contributed by atoms with Crippen LogP contribution in [0.5, 0.6) is 0 Å². The molecule has 0 radical (unpaired) electrons. The number of hydrogen-bond acceptors (Lipinski definition) is 1. The van der Waals surface area contributed by atoms with Crippen molar-refractivity contribution in [3.05, 3.63) is 0 Å². The summed E-state index contributed by atoms with van der Waals surface area (Å²) in [4.78, 5) is 0. The lowest BCUT2D eigenvalue weighted by Crippen LogP contribution is -1.99. The van der Waals surface area contributed by atoms with Crippen molar-refractivity contribution in [3.8, 4) is 6.07 Å². The second kappa shape index (κ2) is 30.7. The molecule has 0 saturated carbocycles. The maximum Gasteiger partial charge on any atom is 0.0621 e. The van der Waals surface area contributed by atoms with Gasteiger partial charge in [0.1, 0.15) is 0 Å². The minimum Gasteiger partial charge on any atom is -0.198 e. The highest BCUT2D eigenvalue weighted by atomic mass is 14.2. The molecule has 0 aromatic rings. The summed E-state index contributed by atoms with van der Waals surface area (Å²) in [5.74, 6) is 1.88. The van der Waals surface area contributed by atoms with Crippen molar-refractivity contribution >= 4 is 0 Å². The monoisotopic (exact) mass is 504 g/mol. The third kappa shape index (κ3) is 29.7. The molecule has 2 atom stereocenters. The Hall–Kier alpha value is -0.510. The Bertz CT molecular complexity index is 436. The van der Waals surface area contributed by atoms with Crippen LogP contribution in [-0.4, -0.2) is 0 Å². The Morgan fingerprint density at radius 1 is 0.389 bits per heavy atom. The van der Waals surface area contributed by atoms with Gasteiger partial charge in [-0.05, 0) is 18.3 Å². The van der Waals surface area contributed by atoms with Gasteiger partial charge in [0.05, 0.1) is 6.07 Å². The molecule has 214 valence electrons. The smallest absolute Gasteiger partial charge is 0.0621 e. The maximum atomic E-state index is 8.54. The second-order valence-corrected chi connectivity index (χ2v) is 12.4. The molecule has 0 spiro atoms. The van der Waals surface area contributed by atoms with Gasteiger partial charge in [-0.25, -0.2) is 0 Å². The van der Waals surface area contributed by atoms with E-state index in [1.165, 1.54) is 173 Å². The van der Waals surface area contributed by atoms with Crippen molar-refractivity contribution in [3.63, 3.8) is 0 Å². The van der Waals surface area contributed by atoms with Crippen LogP contribution < -0.4 is 0 Å². The van der Waals surface area contributed by atoms with Gasteiger partial charge in [0.15, 0.2) is 0 Å². The van der Waals surface area contributed by atoms with E-state index in [2.05, 4.69) is 26.8 Å². The third-order valence-corrected chi connectivity index (χ3v) is 8.43. The predicted molar refractivity (Wildman–Crippen MR) is 164 cm³/mol. The molecule has 0 bridgehead atoms. The molecule has 0 aromatic heterocycles.